The van der Waals surface area contributed by atoms with Crippen molar-refractivity contribution in [3.8, 4) is 11.3 Å². The second-order valence-electron chi connectivity index (χ2n) is 5.36. The number of rotatable bonds is 5. The highest BCUT2D eigenvalue weighted by Crippen LogP contribution is 2.33. The van der Waals surface area contributed by atoms with Crippen molar-refractivity contribution in [2.45, 2.75) is 13.3 Å². The number of aryl methyl sites for hydroxylation is 1. The van der Waals surface area contributed by atoms with E-state index in [4.69, 9.17) is 16.7 Å². The standard InChI is InChI=1S/C18H15ClN2O2S/c1-11-3-2-4-14(9-11)20-18-21-17(15(24-18)10-16(22)23)12-5-7-13(19)8-6-12/h2-9H,10H2,1H3,(H,20,21)(H,22,23). The van der Waals surface area contributed by atoms with Gasteiger partial charge in [0.2, 0.25) is 0 Å². The Morgan fingerprint density at radius 3 is 2.67 bits per heavy atom. The molecular formula is C18H15ClN2O2S. The van der Waals surface area contributed by atoms with Gasteiger partial charge in [0.1, 0.15) is 0 Å². The number of carbonyl (C=O) groups is 1. The quantitative estimate of drug-likeness (QED) is 0.662. The first-order valence-corrected chi connectivity index (χ1v) is 8.52. The van der Waals surface area contributed by atoms with Crippen LogP contribution in [0.2, 0.25) is 5.02 Å². The Morgan fingerprint density at radius 1 is 1.25 bits per heavy atom. The van der Waals surface area contributed by atoms with Gasteiger partial charge in [-0.3, -0.25) is 4.79 Å². The Kier molecular flexibility index (Phi) is 4.83. The van der Waals surface area contributed by atoms with Crippen LogP contribution in [0.5, 0.6) is 0 Å². The number of carboxylic acids is 1. The van der Waals surface area contributed by atoms with E-state index < -0.39 is 5.97 Å². The number of anilines is 2. The molecule has 0 fully saturated rings. The normalized spacial score (nSPS) is 10.6. The summed E-state index contributed by atoms with van der Waals surface area (Å²) in [6.07, 6.45) is -0.0644. The minimum Gasteiger partial charge on any atom is -0.481 e. The smallest absolute Gasteiger partial charge is 0.308 e. The number of hydrogen-bond acceptors (Lipinski definition) is 4. The zero-order valence-corrected chi connectivity index (χ0v) is 14.5. The molecule has 0 spiro atoms. The average Bonchev–Trinajstić information content (AvgIpc) is 2.89. The molecule has 1 heterocycles. The van der Waals surface area contributed by atoms with Crippen LogP contribution in [-0.2, 0) is 11.2 Å². The number of aliphatic carboxylic acids is 1. The van der Waals surface area contributed by atoms with Gasteiger partial charge in [-0.2, -0.15) is 0 Å². The summed E-state index contributed by atoms with van der Waals surface area (Å²) in [6.45, 7) is 2.02. The Labute approximate surface area is 148 Å². The average molecular weight is 359 g/mol. The monoisotopic (exact) mass is 358 g/mol. The van der Waals surface area contributed by atoms with E-state index in [2.05, 4.69) is 10.3 Å². The first-order chi connectivity index (χ1) is 11.5. The van der Waals surface area contributed by atoms with Crippen LogP contribution >= 0.6 is 22.9 Å². The van der Waals surface area contributed by atoms with Crippen LogP contribution in [-0.4, -0.2) is 16.1 Å². The zero-order chi connectivity index (χ0) is 17.1. The summed E-state index contributed by atoms with van der Waals surface area (Å²) in [7, 11) is 0. The minimum absolute atomic E-state index is 0.0644. The number of thiazole rings is 1. The molecule has 24 heavy (non-hydrogen) atoms. The lowest BCUT2D eigenvalue weighted by molar-refractivity contribution is -0.136. The van der Waals surface area contributed by atoms with Crippen LogP contribution in [0.4, 0.5) is 10.8 Å². The van der Waals surface area contributed by atoms with E-state index in [1.54, 1.807) is 12.1 Å². The molecule has 0 saturated carbocycles. The molecule has 0 unspecified atom stereocenters. The van der Waals surface area contributed by atoms with Crippen molar-refractivity contribution in [1.29, 1.82) is 0 Å². The summed E-state index contributed by atoms with van der Waals surface area (Å²) in [5.74, 6) is -0.879. The second-order valence-corrected chi connectivity index (χ2v) is 6.88. The van der Waals surface area contributed by atoms with Crippen LogP contribution in [0.15, 0.2) is 48.5 Å². The van der Waals surface area contributed by atoms with Gasteiger partial charge in [0, 0.05) is 21.2 Å². The fraction of sp³-hybridized carbons (Fsp3) is 0.111. The summed E-state index contributed by atoms with van der Waals surface area (Å²) in [5, 5.41) is 13.7. The molecule has 0 atom stereocenters. The van der Waals surface area contributed by atoms with Crippen molar-refractivity contribution in [2.75, 3.05) is 5.32 Å². The van der Waals surface area contributed by atoms with Crippen molar-refractivity contribution in [3.63, 3.8) is 0 Å². The van der Waals surface area contributed by atoms with Crippen molar-refractivity contribution < 1.29 is 9.90 Å². The van der Waals surface area contributed by atoms with Crippen molar-refractivity contribution in [3.05, 3.63) is 64.0 Å². The van der Waals surface area contributed by atoms with E-state index in [1.807, 2.05) is 43.3 Å². The number of aromatic nitrogens is 1. The van der Waals surface area contributed by atoms with Crippen LogP contribution in [0.1, 0.15) is 10.4 Å². The van der Waals surface area contributed by atoms with Gasteiger partial charge in [-0.05, 0) is 36.8 Å². The van der Waals surface area contributed by atoms with Gasteiger partial charge < -0.3 is 10.4 Å². The second kappa shape index (κ2) is 7.03. The van der Waals surface area contributed by atoms with Crippen molar-refractivity contribution in [2.24, 2.45) is 0 Å². The summed E-state index contributed by atoms with van der Waals surface area (Å²) in [4.78, 5) is 16.5. The Bertz CT molecular complexity index is 875. The molecule has 1 aromatic heterocycles. The van der Waals surface area contributed by atoms with Crippen LogP contribution in [0.3, 0.4) is 0 Å². The van der Waals surface area contributed by atoms with E-state index >= 15 is 0 Å². The highest BCUT2D eigenvalue weighted by atomic mass is 35.5. The lowest BCUT2D eigenvalue weighted by Gasteiger charge is -2.03. The number of hydrogen-bond donors (Lipinski definition) is 2. The molecule has 3 rings (SSSR count). The van der Waals surface area contributed by atoms with Crippen LogP contribution in [0, 0.1) is 6.92 Å². The molecular weight excluding hydrogens is 344 g/mol. The molecule has 2 aromatic carbocycles. The van der Waals surface area contributed by atoms with E-state index in [0.717, 1.165) is 16.8 Å². The number of carboxylic acid groups (broad SMARTS) is 1. The third-order valence-electron chi connectivity index (χ3n) is 3.40. The SMILES string of the molecule is Cc1cccc(Nc2nc(-c3ccc(Cl)cc3)c(CC(=O)O)s2)c1. The fourth-order valence-electron chi connectivity index (χ4n) is 2.34. The molecule has 0 aliphatic carbocycles. The van der Waals surface area contributed by atoms with Gasteiger partial charge >= 0.3 is 5.97 Å². The minimum atomic E-state index is -0.879. The van der Waals surface area contributed by atoms with E-state index in [0.29, 0.717) is 20.7 Å². The third-order valence-corrected chi connectivity index (χ3v) is 4.62. The lowest BCUT2D eigenvalue weighted by Crippen LogP contribution is -1.99. The van der Waals surface area contributed by atoms with E-state index in [-0.39, 0.29) is 6.42 Å². The third kappa shape index (κ3) is 3.93. The largest absolute Gasteiger partial charge is 0.481 e. The summed E-state index contributed by atoms with van der Waals surface area (Å²) >= 11 is 7.28. The van der Waals surface area contributed by atoms with Crippen LogP contribution in [0.25, 0.3) is 11.3 Å². The molecule has 0 aliphatic heterocycles. The highest BCUT2D eigenvalue weighted by molar-refractivity contribution is 7.16. The topological polar surface area (TPSA) is 62.2 Å². The molecule has 4 nitrogen and oxygen atoms in total. The Balaban J connectivity index is 1.96. The summed E-state index contributed by atoms with van der Waals surface area (Å²) < 4.78 is 0. The molecule has 0 aliphatic rings. The van der Waals surface area contributed by atoms with Gasteiger partial charge in [-0.25, -0.2) is 4.98 Å². The molecule has 122 valence electrons. The number of nitrogens with one attached hydrogen (secondary N) is 1. The van der Waals surface area contributed by atoms with Gasteiger partial charge in [0.15, 0.2) is 5.13 Å². The van der Waals surface area contributed by atoms with E-state index in [9.17, 15) is 4.79 Å². The maximum atomic E-state index is 11.2. The number of nitrogens with zero attached hydrogens (tertiary/aromatic N) is 1. The van der Waals surface area contributed by atoms with E-state index in [1.165, 1.54) is 11.3 Å². The summed E-state index contributed by atoms with van der Waals surface area (Å²) in [6, 6.07) is 15.2. The van der Waals surface area contributed by atoms with Gasteiger partial charge in [-0.1, -0.05) is 35.9 Å². The Hall–Kier alpha value is -2.37. The molecule has 0 saturated heterocycles. The molecule has 0 bridgehead atoms. The predicted molar refractivity (Wildman–Crippen MR) is 98.4 cm³/mol. The summed E-state index contributed by atoms with van der Waals surface area (Å²) in [5.41, 5.74) is 3.59. The maximum absolute atomic E-state index is 11.2. The molecule has 0 radical (unpaired) electrons. The first kappa shape index (κ1) is 16.5. The molecule has 2 N–H and O–H groups in total. The predicted octanol–water partition coefficient (Wildman–Crippen LogP) is 5.14. The lowest BCUT2D eigenvalue weighted by atomic mass is 10.1. The molecule has 0 amide bonds. The van der Waals surface area contributed by atoms with Gasteiger partial charge in [0.05, 0.1) is 12.1 Å². The first-order valence-electron chi connectivity index (χ1n) is 7.32. The Morgan fingerprint density at radius 2 is 2.00 bits per heavy atom. The van der Waals surface area contributed by atoms with Gasteiger partial charge in [0.25, 0.3) is 0 Å². The number of halogens is 1. The van der Waals surface area contributed by atoms with Crippen molar-refractivity contribution >= 4 is 39.7 Å². The fourth-order valence-corrected chi connectivity index (χ4v) is 3.46. The molecule has 3 aromatic rings. The van der Waals surface area contributed by atoms with Gasteiger partial charge in [-0.15, -0.1) is 11.3 Å². The van der Waals surface area contributed by atoms with Crippen molar-refractivity contribution in [1.82, 2.24) is 4.98 Å². The number of benzene rings is 2. The molecule has 6 heteroatoms. The zero-order valence-electron chi connectivity index (χ0n) is 12.9. The van der Waals surface area contributed by atoms with Crippen LogP contribution < -0.4 is 5.32 Å². The maximum Gasteiger partial charge on any atom is 0.308 e. The highest BCUT2D eigenvalue weighted by Gasteiger charge is 2.16.